The molecule has 1 aliphatic carbocycles. The number of alkyl halides is 2. The third-order valence-corrected chi connectivity index (χ3v) is 4.65. The van der Waals surface area contributed by atoms with Crippen LogP contribution in [0.1, 0.15) is 35.6 Å². The Bertz CT molecular complexity index is 733. The lowest BCUT2D eigenvalue weighted by Crippen LogP contribution is -2.24. The minimum Gasteiger partial charge on any atom is -0.493 e. The highest BCUT2D eigenvalue weighted by atomic mass is 35.5. The van der Waals surface area contributed by atoms with Crippen LogP contribution in [-0.4, -0.2) is 20.8 Å². The van der Waals surface area contributed by atoms with E-state index in [0.717, 1.165) is 24.8 Å². The SMILES string of the molecule is COc1cc(CNC2CCCc3ccccc32)cc(OC)c1OC(F)F.Cl. The Morgan fingerprint density at radius 3 is 2.41 bits per heavy atom. The largest absolute Gasteiger partial charge is 0.493 e. The lowest BCUT2D eigenvalue weighted by Gasteiger charge is -2.26. The number of methoxy groups -OCH3 is 2. The van der Waals surface area contributed by atoms with E-state index in [1.165, 1.54) is 25.3 Å². The molecule has 27 heavy (non-hydrogen) atoms. The second-order valence-corrected chi connectivity index (χ2v) is 6.23. The van der Waals surface area contributed by atoms with E-state index in [2.05, 4.69) is 34.3 Å². The van der Waals surface area contributed by atoms with Gasteiger partial charge in [0.25, 0.3) is 0 Å². The van der Waals surface area contributed by atoms with Gasteiger partial charge in [0.1, 0.15) is 0 Å². The summed E-state index contributed by atoms with van der Waals surface area (Å²) in [5.41, 5.74) is 3.59. The minimum atomic E-state index is -2.94. The van der Waals surface area contributed by atoms with Crippen molar-refractivity contribution in [3.05, 3.63) is 53.1 Å². The van der Waals surface area contributed by atoms with Gasteiger partial charge in [-0.05, 0) is 48.1 Å². The topological polar surface area (TPSA) is 39.7 Å². The number of fused-ring (bicyclic) bond motifs is 1. The summed E-state index contributed by atoms with van der Waals surface area (Å²) in [4.78, 5) is 0. The highest BCUT2D eigenvalue weighted by Crippen LogP contribution is 2.40. The summed E-state index contributed by atoms with van der Waals surface area (Å²) in [5, 5.41) is 3.56. The van der Waals surface area contributed by atoms with Gasteiger partial charge in [0.05, 0.1) is 14.2 Å². The van der Waals surface area contributed by atoms with Crippen LogP contribution in [0.3, 0.4) is 0 Å². The van der Waals surface area contributed by atoms with Crippen molar-refractivity contribution in [2.75, 3.05) is 14.2 Å². The van der Waals surface area contributed by atoms with Crippen LogP contribution >= 0.6 is 12.4 Å². The van der Waals surface area contributed by atoms with E-state index in [1.807, 2.05) is 0 Å². The molecule has 0 radical (unpaired) electrons. The molecule has 0 aliphatic heterocycles. The number of aryl methyl sites for hydroxylation is 1. The summed E-state index contributed by atoms with van der Waals surface area (Å²) in [6.45, 7) is -2.37. The van der Waals surface area contributed by atoms with Gasteiger partial charge in [-0.25, -0.2) is 0 Å². The molecule has 1 unspecified atom stereocenters. The number of nitrogens with one attached hydrogen (secondary N) is 1. The molecule has 2 aromatic carbocycles. The van der Waals surface area contributed by atoms with Gasteiger partial charge in [-0.3, -0.25) is 0 Å². The van der Waals surface area contributed by atoms with Crippen molar-refractivity contribution < 1.29 is 23.0 Å². The van der Waals surface area contributed by atoms with Gasteiger partial charge in [0.15, 0.2) is 11.5 Å². The van der Waals surface area contributed by atoms with Crippen LogP contribution < -0.4 is 19.5 Å². The first-order valence-corrected chi connectivity index (χ1v) is 8.63. The molecule has 0 bridgehead atoms. The van der Waals surface area contributed by atoms with Crippen LogP contribution in [0.15, 0.2) is 36.4 Å². The first kappa shape index (κ1) is 21.3. The van der Waals surface area contributed by atoms with E-state index in [1.54, 1.807) is 12.1 Å². The number of rotatable bonds is 7. The fourth-order valence-electron chi connectivity index (χ4n) is 3.45. The van der Waals surface area contributed by atoms with Crippen molar-refractivity contribution in [2.45, 2.75) is 38.5 Å². The first-order chi connectivity index (χ1) is 12.6. The molecule has 4 nitrogen and oxygen atoms in total. The van der Waals surface area contributed by atoms with Crippen molar-refractivity contribution in [2.24, 2.45) is 0 Å². The van der Waals surface area contributed by atoms with Gasteiger partial charge in [0.2, 0.25) is 5.75 Å². The molecule has 0 saturated carbocycles. The molecule has 2 aromatic rings. The molecule has 148 valence electrons. The van der Waals surface area contributed by atoms with Crippen molar-refractivity contribution in [3.8, 4) is 17.2 Å². The summed E-state index contributed by atoms with van der Waals surface area (Å²) >= 11 is 0. The van der Waals surface area contributed by atoms with Gasteiger partial charge in [0, 0.05) is 12.6 Å². The third-order valence-electron chi connectivity index (χ3n) is 4.65. The summed E-state index contributed by atoms with van der Waals surface area (Å²) < 4.78 is 40.3. The Morgan fingerprint density at radius 2 is 1.78 bits per heavy atom. The first-order valence-electron chi connectivity index (χ1n) is 8.63. The van der Waals surface area contributed by atoms with E-state index in [0.29, 0.717) is 6.54 Å². The second-order valence-electron chi connectivity index (χ2n) is 6.23. The fraction of sp³-hybridized carbons (Fsp3) is 0.400. The zero-order chi connectivity index (χ0) is 18.5. The maximum absolute atomic E-state index is 12.6. The van der Waals surface area contributed by atoms with Crippen LogP contribution in [0.5, 0.6) is 17.2 Å². The Morgan fingerprint density at radius 1 is 1.11 bits per heavy atom. The fourth-order valence-corrected chi connectivity index (χ4v) is 3.45. The molecule has 0 aromatic heterocycles. The monoisotopic (exact) mass is 399 g/mol. The van der Waals surface area contributed by atoms with E-state index in [-0.39, 0.29) is 35.7 Å². The normalized spacial score (nSPS) is 15.7. The molecule has 1 aliphatic rings. The zero-order valence-electron chi connectivity index (χ0n) is 15.3. The van der Waals surface area contributed by atoms with Crippen LogP contribution in [-0.2, 0) is 13.0 Å². The Kier molecular flexibility index (Phi) is 7.68. The van der Waals surface area contributed by atoms with E-state index in [4.69, 9.17) is 9.47 Å². The molecule has 1 N–H and O–H groups in total. The number of hydrogen-bond acceptors (Lipinski definition) is 4. The van der Waals surface area contributed by atoms with E-state index in [9.17, 15) is 8.78 Å². The lowest BCUT2D eigenvalue weighted by molar-refractivity contribution is -0.0526. The van der Waals surface area contributed by atoms with E-state index < -0.39 is 6.61 Å². The average Bonchev–Trinajstić information content (AvgIpc) is 2.66. The summed E-state index contributed by atoms with van der Waals surface area (Å²) in [6, 6.07) is 12.1. The lowest BCUT2D eigenvalue weighted by atomic mass is 9.87. The summed E-state index contributed by atoms with van der Waals surface area (Å²) in [7, 11) is 2.84. The maximum atomic E-state index is 12.6. The number of benzene rings is 2. The van der Waals surface area contributed by atoms with Crippen molar-refractivity contribution in [3.63, 3.8) is 0 Å². The van der Waals surface area contributed by atoms with Crippen LogP contribution in [0.4, 0.5) is 8.78 Å². The van der Waals surface area contributed by atoms with E-state index >= 15 is 0 Å². The predicted octanol–water partition coefficient (Wildman–Crippen LogP) is 4.89. The Hall–Kier alpha value is -2.05. The predicted molar refractivity (Wildman–Crippen MR) is 102 cm³/mol. The Labute approximate surface area is 164 Å². The van der Waals surface area contributed by atoms with Crippen LogP contribution in [0.2, 0.25) is 0 Å². The second kappa shape index (κ2) is 9.76. The molecule has 0 spiro atoms. The van der Waals surface area contributed by atoms with Gasteiger partial charge < -0.3 is 19.5 Å². The van der Waals surface area contributed by atoms with Gasteiger partial charge in [-0.15, -0.1) is 12.4 Å². The summed E-state index contributed by atoms with van der Waals surface area (Å²) in [5.74, 6) is 0.368. The molecule has 1 atom stereocenters. The average molecular weight is 400 g/mol. The molecule has 7 heteroatoms. The minimum absolute atomic E-state index is 0. The Balaban J connectivity index is 0.00000261. The summed E-state index contributed by atoms with van der Waals surface area (Å²) in [6.07, 6.45) is 3.32. The standard InChI is InChI=1S/C20H23F2NO3.ClH/c1-24-17-10-13(11-18(25-2)19(17)26-20(21)22)12-23-16-9-5-7-14-6-3-4-8-15(14)16;/h3-4,6,8,10-11,16,20,23H,5,7,9,12H2,1-2H3;1H. The third kappa shape index (κ3) is 5.02. The van der Waals surface area contributed by atoms with Crippen molar-refractivity contribution in [1.29, 1.82) is 0 Å². The molecular formula is C20H24ClF2NO3. The quantitative estimate of drug-likeness (QED) is 0.719. The highest BCUT2D eigenvalue weighted by molar-refractivity contribution is 5.85. The molecular weight excluding hydrogens is 376 g/mol. The smallest absolute Gasteiger partial charge is 0.387 e. The van der Waals surface area contributed by atoms with Gasteiger partial charge in [-0.1, -0.05) is 24.3 Å². The van der Waals surface area contributed by atoms with Crippen molar-refractivity contribution in [1.82, 2.24) is 5.32 Å². The highest BCUT2D eigenvalue weighted by Gasteiger charge is 2.21. The molecule has 0 amide bonds. The van der Waals surface area contributed by atoms with Crippen molar-refractivity contribution >= 4 is 12.4 Å². The van der Waals surface area contributed by atoms with Crippen LogP contribution in [0, 0.1) is 0 Å². The van der Waals surface area contributed by atoms with Gasteiger partial charge >= 0.3 is 6.61 Å². The van der Waals surface area contributed by atoms with Crippen LogP contribution in [0.25, 0.3) is 0 Å². The molecule has 0 saturated heterocycles. The molecule has 0 fully saturated rings. The molecule has 3 rings (SSSR count). The maximum Gasteiger partial charge on any atom is 0.387 e. The molecule has 0 heterocycles. The number of halogens is 3. The number of ether oxygens (including phenoxy) is 3. The zero-order valence-corrected chi connectivity index (χ0v) is 16.2. The number of hydrogen-bond donors (Lipinski definition) is 1. The van der Waals surface area contributed by atoms with Gasteiger partial charge in [-0.2, -0.15) is 8.78 Å².